The highest BCUT2D eigenvalue weighted by Crippen LogP contribution is 2.05. The number of nitrogens with zero attached hydrogens (tertiary/aromatic N) is 2. The van der Waals surface area contributed by atoms with Crippen LogP contribution in [0.1, 0.15) is 23.9 Å². The number of aromatic nitrogens is 2. The van der Waals surface area contributed by atoms with Crippen LogP contribution < -0.4 is 4.85 Å². The predicted molar refractivity (Wildman–Crippen MR) is 61.8 cm³/mol. The van der Waals surface area contributed by atoms with Gasteiger partial charge in [-0.25, -0.2) is 0 Å². The van der Waals surface area contributed by atoms with E-state index in [1.54, 1.807) is 0 Å². The molecule has 0 spiro atoms. The Morgan fingerprint density at radius 3 is 2.50 bits per heavy atom. The highest BCUT2D eigenvalue weighted by atomic mass is 16.5. The maximum absolute atomic E-state index is 11.5. The zero-order valence-corrected chi connectivity index (χ0v) is 9.26. The van der Waals surface area contributed by atoms with Crippen molar-refractivity contribution in [2.75, 3.05) is 0 Å². The number of benzene rings is 1. The van der Waals surface area contributed by atoms with Crippen LogP contribution in [0.5, 0.6) is 0 Å². The molecular formula is C13H14N2O. The van der Waals surface area contributed by atoms with Crippen LogP contribution >= 0.6 is 0 Å². The van der Waals surface area contributed by atoms with Crippen molar-refractivity contribution in [1.82, 2.24) is 5.10 Å². The van der Waals surface area contributed by atoms with E-state index < -0.39 is 0 Å². The van der Waals surface area contributed by atoms with Crippen LogP contribution in [-0.2, 0) is 12.8 Å². The van der Waals surface area contributed by atoms with Gasteiger partial charge in [-0.15, -0.1) is 0 Å². The Balaban J connectivity index is 2.20. The Hall–Kier alpha value is -1.90. The maximum atomic E-state index is 11.5. The van der Waals surface area contributed by atoms with Crippen molar-refractivity contribution in [3.05, 3.63) is 64.6 Å². The average molecular weight is 214 g/mol. The minimum Gasteiger partial charge on any atom is -0.594 e. The van der Waals surface area contributed by atoms with E-state index >= 15 is 0 Å². The van der Waals surface area contributed by atoms with Crippen molar-refractivity contribution < 1.29 is 4.85 Å². The molecule has 16 heavy (non-hydrogen) atoms. The topological polar surface area (TPSA) is 39.8 Å². The highest BCUT2D eigenvalue weighted by molar-refractivity contribution is 5.20. The highest BCUT2D eigenvalue weighted by Gasteiger charge is 2.06. The summed E-state index contributed by atoms with van der Waals surface area (Å²) < 4.78 is 0. The lowest BCUT2D eigenvalue weighted by molar-refractivity contribution is -0.677. The third kappa shape index (κ3) is 2.37. The van der Waals surface area contributed by atoms with Gasteiger partial charge in [0.25, 0.3) is 0 Å². The fraction of sp³-hybridized carbons (Fsp3) is 0.231. The first-order valence-corrected chi connectivity index (χ1v) is 5.42. The summed E-state index contributed by atoms with van der Waals surface area (Å²) in [5.74, 6) is 0. The van der Waals surface area contributed by atoms with E-state index in [1.165, 1.54) is 5.56 Å². The molecule has 0 aliphatic carbocycles. The summed E-state index contributed by atoms with van der Waals surface area (Å²) in [5, 5.41) is 15.5. The molecule has 0 saturated carbocycles. The largest absolute Gasteiger partial charge is 0.594 e. The molecule has 0 unspecified atom stereocenters. The van der Waals surface area contributed by atoms with Gasteiger partial charge in [0.2, 0.25) is 5.69 Å². The summed E-state index contributed by atoms with van der Waals surface area (Å²) >= 11 is 0. The molecule has 2 rings (SSSR count). The molecule has 1 aromatic heterocycles. The fourth-order valence-corrected chi connectivity index (χ4v) is 1.62. The standard InChI is InChI=1S/C13H14N2O/c1-2-13-9-8-12(14-15(13)16)10-11-6-4-3-5-7-11/h3-9H,2,10H2,1H3. The van der Waals surface area contributed by atoms with E-state index in [0.717, 1.165) is 10.5 Å². The lowest BCUT2D eigenvalue weighted by Crippen LogP contribution is -2.36. The summed E-state index contributed by atoms with van der Waals surface area (Å²) in [4.78, 5) is 0.721. The minimum absolute atomic E-state index is 0.701. The Kier molecular flexibility index (Phi) is 3.15. The normalized spacial score (nSPS) is 10.3. The number of hydrogen-bond acceptors (Lipinski definition) is 2. The second-order valence-corrected chi connectivity index (χ2v) is 3.70. The molecule has 0 amide bonds. The fourth-order valence-electron chi connectivity index (χ4n) is 1.62. The van der Waals surface area contributed by atoms with Gasteiger partial charge in [-0.1, -0.05) is 42.1 Å². The molecule has 82 valence electrons. The van der Waals surface area contributed by atoms with Gasteiger partial charge in [0.1, 0.15) is 5.69 Å². The van der Waals surface area contributed by atoms with E-state index in [4.69, 9.17) is 0 Å². The predicted octanol–water partition coefficient (Wildman–Crippen LogP) is 1.87. The van der Waals surface area contributed by atoms with Crippen LogP contribution in [0.4, 0.5) is 0 Å². The molecule has 2 aromatic rings. The van der Waals surface area contributed by atoms with E-state index in [1.807, 2.05) is 49.4 Å². The van der Waals surface area contributed by atoms with E-state index in [2.05, 4.69) is 5.10 Å². The van der Waals surface area contributed by atoms with Gasteiger partial charge in [0, 0.05) is 24.0 Å². The zero-order valence-electron chi connectivity index (χ0n) is 9.26. The smallest absolute Gasteiger partial charge is 0.221 e. The first-order chi connectivity index (χ1) is 7.79. The Morgan fingerprint density at radius 2 is 1.88 bits per heavy atom. The second kappa shape index (κ2) is 4.75. The van der Waals surface area contributed by atoms with E-state index in [0.29, 0.717) is 18.5 Å². The van der Waals surface area contributed by atoms with Gasteiger partial charge >= 0.3 is 0 Å². The average Bonchev–Trinajstić information content (AvgIpc) is 2.31. The molecule has 1 heterocycles. The van der Waals surface area contributed by atoms with Crippen LogP contribution in [0.25, 0.3) is 0 Å². The molecule has 3 nitrogen and oxygen atoms in total. The minimum atomic E-state index is 0.701. The number of hydrogen-bond donors (Lipinski definition) is 0. The van der Waals surface area contributed by atoms with Crippen molar-refractivity contribution in [1.29, 1.82) is 0 Å². The third-order valence-electron chi connectivity index (χ3n) is 2.52. The van der Waals surface area contributed by atoms with Crippen LogP contribution in [0, 0.1) is 5.21 Å². The molecule has 0 bridgehead atoms. The van der Waals surface area contributed by atoms with Gasteiger partial charge in [-0.05, 0) is 11.6 Å². The van der Waals surface area contributed by atoms with E-state index in [-0.39, 0.29) is 0 Å². The van der Waals surface area contributed by atoms with Gasteiger partial charge < -0.3 is 5.21 Å². The summed E-state index contributed by atoms with van der Waals surface area (Å²) in [7, 11) is 0. The lowest BCUT2D eigenvalue weighted by atomic mass is 10.1. The van der Waals surface area contributed by atoms with Gasteiger partial charge in [0.05, 0.1) is 0 Å². The molecule has 0 radical (unpaired) electrons. The number of rotatable bonds is 3. The van der Waals surface area contributed by atoms with Crippen molar-refractivity contribution in [3.63, 3.8) is 0 Å². The SMILES string of the molecule is CCc1ccc(Cc2ccccc2)n[n+]1[O-]. The van der Waals surface area contributed by atoms with Crippen molar-refractivity contribution >= 4 is 0 Å². The molecular weight excluding hydrogens is 200 g/mol. The van der Waals surface area contributed by atoms with Crippen LogP contribution in [0.15, 0.2) is 42.5 Å². The van der Waals surface area contributed by atoms with Crippen molar-refractivity contribution in [2.45, 2.75) is 19.8 Å². The van der Waals surface area contributed by atoms with E-state index in [9.17, 15) is 5.21 Å². The molecule has 0 atom stereocenters. The molecule has 1 aromatic carbocycles. The van der Waals surface area contributed by atoms with Crippen LogP contribution in [0.3, 0.4) is 0 Å². The molecule has 0 N–H and O–H groups in total. The van der Waals surface area contributed by atoms with Gasteiger partial charge in [-0.3, -0.25) is 0 Å². The molecule has 0 aliphatic rings. The number of aryl methyl sites for hydroxylation is 1. The Morgan fingerprint density at radius 1 is 1.12 bits per heavy atom. The molecule has 3 heteroatoms. The van der Waals surface area contributed by atoms with Gasteiger partial charge in [-0.2, -0.15) is 0 Å². The van der Waals surface area contributed by atoms with Crippen molar-refractivity contribution in [2.24, 2.45) is 0 Å². The Labute approximate surface area is 94.9 Å². The third-order valence-corrected chi connectivity index (χ3v) is 2.52. The molecule has 0 aliphatic heterocycles. The molecule has 0 fully saturated rings. The first kappa shape index (κ1) is 10.6. The maximum Gasteiger partial charge on any atom is 0.221 e. The van der Waals surface area contributed by atoms with Crippen LogP contribution in [-0.4, -0.2) is 5.10 Å². The monoisotopic (exact) mass is 214 g/mol. The summed E-state index contributed by atoms with van der Waals surface area (Å²) in [5.41, 5.74) is 2.68. The summed E-state index contributed by atoms with van der Waals surface area (Å²) in [6.07, 6.45) is 1.41. The first-order valence-electron chi connectivity index (χ1n) is 5.42. The second-order valence-electron chi connectivity index (χ2n) is 3.70. The zero-order chi connectivity index (χ0) is 11.4. The quantitative estimate of drug-likeness (QED) is 0.578. The van der Waals surface area contributed by atoms with Crippen LogP contribution in [0.2, 0.25) is 0 Å². The Bertz CT molecular complexity index is 469. The van der Waals surface area contributed by atoms with Gasteiger partial charge in [0.15, 0.2) is 0 Å². The summed E-state index contributed by atoms with van der Waals surface area (Å²) in [6.45, 7) is 1.95. The molecule has 0 saturated heterocycles. The van der Waals surface area contributed by atoms with Crippen molar-refractivity contribution in [3.8, 4) is 0 Å². The lowest BCUT2D eigenvalue weighted by Gasteiger charge is -2.02. The summed E-state index contributed by atoms with van der Waals surface area (Å²) in [6, 6.07) is 13.8.